The van der Waals surface area contributed by atoms with Gasteiger partial charge in [-0.3, -0.25) is 4.79 Å². The Kier molecular flexibility index (Phi) is 4.65. The highest BCUT2D eigenvalue weighted by atomic mass is 16.5. The first-order valence-corrected chi connectivity index (χ1v) is 9.26. The lowest BCUT2D eigenvalue weighted by atomic mass is 10.2. The fraction of sp³-hybridized carbons (Fsp3) is 0.273. The number of fused-ring (bicyclic) bond motifs is 2. The lowest BCUT2D eigenvalue weighted by Gasteiger charge is -2.15. The number of hydrogen-bond donors (Lipinski definition) is 1. The van der Waals surface area contributed by atoms with Crippen LogP contribution in [0.5, 0.6) is 5.75 Å². The van der Waals surface area contributed by atoms with Crippen LogP contribution in [0.15, 0.2) is 42.5 Å². The number of carbonyl (C=O) groups excluding carboxylic acids is 1. The minimum Gasteiger partial charge on any atom is -0.494 e. The monoisotopic (exact) mass is 377 g/mol. The van der Waals surface area contributed by atoms with Crippen LogP contribution < -0.4 is 4.74 Å². The van der Waals surface area contributed by atoms with E-state index in [1.807, 2.05) is 30.7 Å². The standard InChI is InChI=1S/C22H23N3O3/c1-14(12-26)11-25-18-7-5-4-6-16(18)10-19(25)22-23-17-8-15(13-27)9-20(28-3)21(17)24(22)2/h4-10,13-14,26H,11-12H2,1-3H3. The Labute approximate surface area is 163 Å². The third-order valence-electron chi connectivity index (χ3n) is 5.16. The zero-order valence-electron chi connectivity index (χ0n) is 16.2. The normalized spacial score (nSPS) is 12.6. The van der Waals surface area contributed by atoms with Crippen LogP contribution in [0.4, 0.5) is 0 Å². The molecular weight excluding hydrogens is 354 g/mol. The predicted octanol–water partition coefficient (Wildman–Crippen LogP) is 3.64. The van der Waals surface area contributed by atoms with Gasteiger partial charge in [0, 0.05) is 36.7 Å². The van der Waals surface area contributed by atoms with Gasteiger partial charge in [-0.1, -0.05) is 25.1 Å². The van der Waals surface area contributed by atoms with Gasteiger partial charge in [0.2, 0.25) is 0 Å². The maximum Gasteiger partial charge on any atom is 0.157 e. The number of aromatic nitrogens is 3. The van der Waals surface area contributed by atoms with Gasteiger partial charge in [-0.2, -0.15) is 0 Å². The minimum atomic E-state index is 0.112. The number of methoxy groups -OCH3 is 1. The van der Waals surface area contributed by atoms with Crippen molar-refractivity contribution in [1.29, 1.82) is 0 Å². The zero-order valence-corrected chi connectivity index (χ0v) is 16.2. The number of benzene rings is 2. The zero-order chi connectivity index (χ0) is 19.8. The topological polar surface area (TPSA) is 69.3 Å². The van der Waals surface area contributed by atoms with Gasteiger partial charge in [0.25, 0.3) is 0 Å². The van der Waals surface area contributed by atoms with Crippen LogP contribution in [-0.4, -0.2) is 39.2 Å². The molecule has 0 aliphatic carbocycles. The number of ether oxygens (including phenoxy) is 1. The molecule has 1 N–H and O–H groups in total. The number of aliphatic hydroxyl groups excluding tert-OH is 1. The summed E-state index contributed by atoms with van der Waals surface area (Å²) in [7, 11) is 3.54. The molecular formula is C22H23N3O3. The molecule has 0 aliphatic rings. The number of imidazole rings is 1. The highest BCUT2D eigenvalue weighted by Crippen LogP contribution is 2.34. The molecule has 0 fully saturated rings. The van der Waals surface area contributed by atoms with Crippen molar-refractivity contribution in [3.63, 3.8) is 0 Å². The molecule has 28 heavy (non-hydrogen) atoms. The number of para-hydroxylation sites is 1. The highest BCUT2D eigenvalue weighted by molar-refractivity contribution is 5.93. The Morgan fingerprint density at radius 3 is 2.75 bits per heavy atom. The Morgan fingerprint density at radius 2 is 2.04 bits per heavy atom. The van der Waals surface area contributed by atoms with Crippen LogP contribution in [0.25, 0.3) is 33.5 Å². The summed E-state index contributed by atoms with van der Waals surface area (Å²) in [5.74, 6) is 1.52. The summed E-state index contributed by atoms with van der Waals surface area (Å²) >= 11 is 0. The Bertz CT molecular complexity index is 1170. The van der Waals surface area contributed by atoms with Gasteiger partial charge >= 0.3 is 0 Å². The molecule has 2 heterocycles. The molecule has 2 aromatic carbocycles. The van der Waals surface area contributed by atoms with Gasteiger partial charge in [0.05, 0.1) is 18.3 Å². The van der Waals surface area contributed by atoms with Crippen LogP contribution in [0.3, 0.4) is 0 Å². The number of aliphatic hydroxyl groups is 1. The number of aryl methyl sites for hydroxylation is 1. The molecule has 4 rings (SSSR count). The van der Waals surface area contributed by atoms with Crippen molar-refractivity contribution in [3.8, 4) is 17.3 Å². The van der Waals surface area contributed by atoms with Crippen molar-refractivity contribution in [3.05, 3.63) is 48.0 Å². The van der Waals surface area contributed by atoms with E-state index >= 15 is 0 Å². The molecule has 0 radical (unpaired) electrons. The van der Waals surface area contributed by atoms with Crippen molar-refractivity contribution >= 4 is 28.2 Å². The van der Waals surface area contributed by atoms with E-state index in [1.165, 1.54) is 0 Å². The quantitative estimate of drug-likeness (QED) is 0.521. The Morgan fingerprint density at radius 1 is 1.25 bits per heavy atom. The minimum absolute atomic E-state index is 0.112. The third kappa shape index (κ3) is 2.86. The molecule has 6 nitrogen and oxygen atoms in total. The molecule has 0 aliphatic heterocycles. The lowest BCUT2D eigenvalue weighted by molar-refractivity contribution is 0.112. The lowest BCUT2D eigenvalue weighted by Crippen LogP contribution is -2.12. The molecule has 6 heteroatoms. The number of hydrogen-bond acceptors (Lipinski definition) is 4. The number of carbonyl (C=O) groups is 1. The molecule has 0 bridgehead atoms. The highest BCUT2D eigenvalue weighted by Gasteiger charge is 2.20. The number of nitrogens with zero attached hydrogens (tertiary/aromatic N) is 3. The van der Waals surface area contributed by atoms with Gasteiger partial charge in [-0.15, -0.1) is 0 Å². The van der Waals surface area contributed by atoms with Crippen LogP contribution in [-0.2, 0) is 13.6 Å². The smallest absolute Gasteiger partial charge is 0.157 e. The second kappa shape index (κ2) is 7.13. The number of rotatable bonds is 6. The molecule has 144 valence electrons. The Balaban J connectivity index is 2.00. The van der Waals surface area contributed by atoms with Crippen LogP contribution in [0, 0.1) is 5.92 Å². The second-order valence-corrected chi connectivity index (χ2v) is 7.19. The molecule has 2 aromatic heterocycles. The summed E-state index contributed by atoms with van der Waals surface area (Å²) in [4.78, 5) is 16.1. The Hall–Kier alpha value is -3.12. The first kappa shape index (κ1) is 18.3. The van der Waals surface area contributed by atoms with Gasteiger partial charge in [0.15, 0.2) is 5.82 Å². The van der Waals surface area contributed by atoms with E-state index in [9.17, 15) is 9.90 Å². The summed E-state index contributed by atoms with van der Waals surface area (Å²) in [5, 5.41) is 10.7. The van der Waals surface area contributed by atoms with E-state index in [-0.39, 0.29) is 12.5 Å². The average molecular weight is 377 g/mol. The van der Waals surface area contributed by atoms with Crippen molar-refractivity contribution in [1.82, 2.24) is 14.1 Å². The van der Waals surface area contributed by atoms with Crippen LogP contribution in [0.1, 0.15) is 17.3 Å². The first-order chi connectivity index (χ1) is 13.6. The van der Waals surface area contributed by atoms with Crippen molar-refractivity contribution in [2.45, 2.75) is 13.5 Å². The van der Waals surface area contributed by atoms with Crippen molar-refractivity contribution in [2.75, 3.05) is 13.7 Å². The van der Waals surface area contributed by atoms with E-state index in [0.717, 1.165) is 34.2 Å². The fourth-order valence-electron chi connectivity index (χ4n) is 3.75. The average Bonchev–Trinajstić information content (AvgIpc) is 3.24. The van der Waals surface area contributed by atoms with Crippen molar-refractivity contribution in [2.24, 2.45) is 13.0 Å². The van der Waals surface area contributed by atoms with E-state index < -0.39 is 0 Å². The van der Waals surface area contributed by atoms with E-state index in [0.29, 0.717) is 23.4 Å². The second-order valence-electron chi connectivity index (χ2n) is 7.19. The first-order valence-electron chi connectivity index (χ1n) is 9.26. The predicted molar refractivity (Wildman–Crippen MR) is 110 cm³/mol. The van der Waals surface area contributed by atoms with Gasteiger partial charge in [-0.05, 0) is 30.2 Å². The summed E-state index contributed by atoms with van der Waals surface area (Å²) < 4.78 is 9.71. The van der Waals surface area contributed by atoms with E-state index in [2.05, 4.69) is 22.8 Å². The molecule has 0 spiro atoms. The maximum absolute atomic E-state index is 11.3. The fourth-order valence-corrected chi connectivity index (χ4v) is 3.75. The SMILES string of the molecule is COc1cc(C=O)cc2nc(-c3cc4ccccc4n3CC(C)CO)n(C)c12. The van der Waals surface area contributed by atoms with Crippen LogP contribution >= 0.6 is 0 Å². The summed E-state index contributed by atoms with van der Waals surface area (Å²) in [6, 6.07) is 13.8. The van der Waals surface area contributed by atoms with Gasteiger partial charge in [0.1, 0.15) is 17.6 Å². The summed E-state index contributed by atoms with van der Waals surface area (Å²) in [5.41, 5.74) is 4.16. The van der Waals surface area contributed by atoms with E-state index in [1.54, 1.807) is 19.2 Å². The van der Waals surface area contributed by atoms with Gasteiger partial charge < -0.3 is 19.0 Å². The molecule has 0 saturated heterocycles. The summed E-state index contributed by atoms with van der Waals surface area (Å²) in [6.45, 7) is 2.82. The molecule has 4 aromatic rings. The maximum atomic E-state index is 11.3. The van der Waals surface area contributed by atoms with Gasteiger partial charge in [-0.25, -0.2) is 4.98 Å². The summed E-state index contributed by atoms with van der Waals surface area (Å²) in [6.07, 6.45) is 0.802. The number of aldehydes is 1. The van der Waals surface area contributed by atoms with Crippen molar-refractivity contribution < 1.29 is 14.6 Å². The molecule has 1 atom stereocenters. The molecule has 1 unspecified atom stereocenters. The third-order valence-corrected chi connectivity index (χ3v) is 5.16. The van der Waals surface area contributed by atoms with Crippen LogP contribution in [0.2, 0.25) is 0 Å². The largest absolute Gasteiger partial charge is 0.494 e. The molecule has 0 saturated carbocycles. The molecule has 0 amide bonds. The van der Waals surface area contributed by atoms with E-state index in [4.69, 9.17) is 9.72 Å².